The molecule has 0 bridgehead atoms. The van der Waals surface area contributed by atoms with Crippen LogP contribution in [-0.2, 0) is 4.79 Å². The van der Waals surface area contributed by atoms with Gasteiger partial charge in [-0.05, 0) is 43.5 Å². The minimum Gasteiger partial charge on any atom is -0.384 e. The van der Waals surface area contributed by atoms with Gasteiger partial charge in [0.05, 0.1) is 16.8 Å². The third-order valence-electron chi connectivity index (χ3n) is 5.01. The summed E-state index contributed by atoms with van der Waals surface area (Å²) >= 11 is 0. The van der Waals surface area contributed by atoms with Gasteiger partial charge in [-0.25, -0.2) is 0 Å². The van der Waals surface area contributed by atoms with Gasteiger partial charge in [0.2, 0.25) is 5.91 Å². The Hall–Kier alpha value is -3.42. The first kappa shape index (κ1) is 17.0. The summed E-state index contributed by atoms with van der Waals surface area (Å²) in [6.45, 7) is 2.52. The summed E-state index contributed by atoms with van der Waals surface area (Å²) in [5.74, 6) is -1.24. The number of benzene rings is 1. The smallest absolute Gasteiger partial charge is 0.262 e. The summed E-state index contributed by atoms with van der Waals surface area (Å²) in [4.78, 5) is 50.2. The molecule has 0 saturated carbocycles. The lowest BCUT2D eigenvalue weighted by Crippen LogP contribution is -2.35. The van der Waals surface area contributed by atoms with Crippen molar-refractivity contribution in [2.24, 2.45) is 0 Å². The van der Waals surface area contributed by atoms with E-state index in [2.05, 4.69) is 5.32 Å². The fraction of sp³-hybridized carbons (Fsp3) is 0.263. The number of anilines is 2. The molecule has 0 aliphatic carbocycles. The van der Waals surface area contributed by atoms with Crippen molar-refractivity contribution in [1.82, 2.24) is 9.88 Å². The number of hydrogen-bond acceptors (Lipinski definition) is 5. The number of nitrogens with zero attached hydrogens (tertiary/aromatic N) is 2. The fourth-order valence-electron chi connectivity index (χ4n) is 3.69. The number of aryl methyl sites for hydroxylation is 1. The van der Waals surface area contributed by atoms with E-state index in [1.165, 1.54) is 4.57 Å². The highest BCUT2D eigenvalue weighted by Gasteiger charge is 2.32. The first-order valence-electron chi connectivity index (χ1n) is 8.71. The standard InChI is InChI=1S/C19H18N4O4/c1-10-8-11(5-6-13(10)22-7-3-2-4-14(22)24)23-15(25)9-12-16(17(23)20)19(27)21-18(12)26/h5-6,8-9H,2-4,7,20H2,1H3,(H,21,26,27). The van der Waals surface area contributed by atoms with Gasteiger partial charge in [-0.15, -0.1) is 0 Å². The third kappa shape index (κ3) is 2.61. The largest absolute Gasteiger partial charge is 0.384 e. The minimum atomic E-state index is -0.624. The quantitative estimate of drug-likeness (QED) is 0.773. The van der Waals surface area contributed by atoms with Crippen LogP contribution >= 0.6 is 0 Å². The lowest BCUT2D eigenvalue weighted by molar-refractivity contribution is -0.119. The first-order chi connectivity index (χ1) is 12.9. The molecular weight excluding hydrogens is 348 g/mol. The van der Waals surface area contributed by atoms with Crippen LogP contribution in [-0.4, -0.2) is 28.8 Å². The Morgan fingerprint density at radius 3 is 2.52 bits per heavy atom. The van der Waals surface area contributed by atoms with Crippen LogP contribution in [0.15, 0.2) is 29.1 Å². The van der Waals surface area contributed by atoms with E-state index in [-0.39, 0.29) is 22.9 Å². The normalized spacial score (nSPS) is 16.5. The van der Waals surface area contributed by atoms with E-state index in [9.17, 15) is 19.2 Å². The monoisotopic (exact) mass is 366 g/mol. The van der Waals surface area contributed by atoms with Crippen LogP contribution in [0, 0.1) is 6.92 Å². The van der Waals surface area contributed by atoms with Crippen molar-refractivity contribution < 1.29 is 14.4 Å². The zero-order valence-corrected chi connectivity index (χ0v) is 14.7. The van der Waals surface area contributed by atoms with Crippen LogP contribution in [0.25, 0.3) is 5.69 Å². The van der Waals surface area contributed by atoms with Crippen molar-refractivity contribution in [3.8, 4) is 5.69 Å². The van der Waals surface area contributed by atoms with Crippen molar-refractivity contribution in [1.29, 1.82) is 0 Å². The number of fused-ring (bicyclic) bond motifs is 1. The Kier molecular flexibility index (Phi) is 3.83. The molecule has 0 atom stereocenters. The Bertz CT molecular complexity index is 1070. The summed E-state index contributed by atoms with van der Waals surface area (Å²) in [7, 11) is 0. The third-order valence-corrected chi connectivity index (χ3v) is 5.01. The van der Waals surface area contributed by atoms with Gasteiger partial charge in [0, 0.05) is 24.7 Å². The SMILES string of the molecule is Cc1cc(-n2c(N)c3c(cc2=O)C(=O)NC3=O)ccc1N1CCCCC1=O. The van der Waals surface area contributed by atoms with Crippen LogP contribution in [0.4, 0.5) is 11.5 Å². The maximum Gasteiger partial charge on any atom is 0.262 e. The Labute approximate surface area is 154 Å². The fourth-order valence-corrected chi connectivity index (χ4v) is 3.69. The molecule has 1 fully saturated rings. The highest BCUT2D eigenvalue weighted by molar-refractivity contribution is 6.23. The molecule has 3 N–H and O–H groups in total. The number of carbonyl (C=O) groups excluding carboxylic acids is 3. The zero-order chi connectivity index (χ0) is 19.3. The molecule has 8 nitrogen and oxygen atoms in total. The molecule has 0 unspecified atom stereocenters. The predicted molar refractivity (Wildman–Crippen MR) is 99.2 cm³/mol. The van der Waals surface area contributed by atoms with E-state index >= 15 is 0 Å². The van der Waals surface area contributed by atoms with E-state index in [0.29, 0.717) is 18.7 Å². The molecule has 2 aliphatic rings. The molecule has 4 rings (SSSR count). The number of carbonyl (C=O) groups is 3. The average molecular weight is 366 g/mol. The molecule has 2 aliphatic heterocycles. The van der Waals surface area contributed by atoms with Crippen molar-refractivity contribution in [3.05, 3.63) is 51.3 Å². The van der Waals surface area contributed by atoms with Crippen LogP contribution in [0.2, 0.25) is 0 Å². The lowest BCUT2D eigenvalue weighted by Gasteiger charge is -2.28. The number of aromatic nitrogens is 1. The topological polar surface area (TPSA) is 114 Å². The summed E-state index contributed by atoms with van der Waals surface area (Å²) < 4.78 is 1.20. The molecule has 27 heavy (non-hydrogen) atoms. The van der Waals surface area contributed by atoms with Gasteiger partial charge >= 0.3 is 0 Å². The number of imide groups is 1. The summed E-state index contributed by atoms with van der Waals surface area (Å²) in [6, 6.07) is 6.32. The molecule has 2 aromatic rings. The van der Waals surface area contributed by atoms with Crippen molar-refractivity contribution in [3.63, 3.8) is 0 Å². The van der Waals surface area contributed by atoms with Gasteiger partial charge in [0.15, 0.2) is 0 Å². The van der Waals surface area contributed by atoms with Gasteiger partial charge in [-0.2, -0.15) is 0 Å². The van der Waals surface area contributed by atoms with Crippen LogP contribution in [0.1, 0.15) is 45.5 Å². The number of pyridine rings is 1. The van der Waals surface area contributed by atoms with E-state index in [0.717, 1.165) is 30.2 Å². The summed E-state index contributed by atoms with van der Waals surface area (Å²) in [6.07, 6.45) is 2.38. The van der Waals surface area contributed by atoms with E-state index < -0.39 is 17.4 Å². The number of amides is 3. The second-order valence-corrected chi connectivity index (χ2v) is 6.75. The van der Waals surface area contributed by atoms with E-state index in [1.807, 2.05) is 6.92 Å². The molecule has 1 aromatic carbocycles. The number of hydrogen-bond donors (Lipinski definition) is 2. The van der Waals surface area contributed by atoms with Crippen LogP contribution < -0.4 is 21.5 Å². The van der Waals surface area contributed by atoms with Crippen molar-refractivity contribution in [2.75, 3.05) is 17.2 Å². The molecule has 1 saturated heterocycles. The zero-order valence-electron chi connectivity index (χ0n) is 14.7. The molecule has 8 heteroatoms. The van der Waals surface area contributed by atoms with Crippen molar-refractivity contribution >= 4 is 29.2 Å². The van der Waals surface area contributed by atoms with Gasteiger partial charge in [-0.1, -0.05) is 0 Å². The second-order valence-electron chi connectivity index (χ2n) is 6.75. The highest BCUT2D eigenvalue weighted by Crippen LogP contribution is 2.28. The number of nitrogen functional groups attached to an aromatic ring is 1. The van der Waals surface area contributed by atoms with Gasteiger partial charge < -0.3 is 10.6 Å². The molecule has 1 aromatic heterocycles. The number of piperidine rings is 1. The Morgan fingerprint density at radius 1 is 1.04 bits per heavy atom. The van der Waals surface area contributed by atoms with Gasteiger partial charge in [0.25, 0.3) is 17.4 Å². The first-order valence-corrected chi connectivity index (χ1v) is 8.71. The van der Waals surface area contributed by atoms with Crippen LogP contribution in [0.5, 0.6) is 0 Å². The minimum absolute atomic E-state index is 0.00698. The van der Waals surface area contributed by atoms with Crippen LogP contribution in [0.3, 0.4) is 0 Å². The number of nitrogens with two attached hydrogens (primary N) is 1. The Balaban J connectivity index is 1.82. The maximum atomic E-state index is 12.5. The maximum absolute atomic E-state index is 12.5. The summed E-state index contributed by atoms with van der Waals surface area (Å²) in [5, 5.41) is 2.14. The van der Waals surface area contributed by atoms with E-state index in [1.54, 1.807) is 23.1 Å². The van der Waals surface area contributed by atoms with Gasteiger partial charge in [-0.3, -0.25) is 29.1 Å². The molecule has 3 heterocycles. The number of rotatable bonds is 2. The highest BCUT2D eigenvalue weighted by atomic mass is 16.2. The molecule has 0 spiro atoms. The molecule has 3 amide bonds. The van der Waals surface area contributed by atoms with Gasteiger partial charge in [0.1, 0.15) is 5.82 Å². The van der Waals surface area contributed by atoms with E-state index in [4.69, 9.17) is 5.73 Å². The molecule has 138 valence electrons. The molecular formula is C19H18N4O4. The Morgan fingerprint density at radius 2 is 1.81 bits per heavy atom. The lowest BCUT2D eigenvalue weighted by atomic mass is 10.1. The predicted octanol–water partition coefficient (Wildman–Crippen LogP) is 1.13. The summed E-state index contributed by atoms with van der Waals surface area (Å²) in [5.41, 5.74) is 7.64. The number of nitrogens with one attached hydrogen (secondary N) is 1. The average Bonchev–Trinajstić information content (AvgIpc) is 2.90. The van der Waals surface area contributed by atoms with Crippen molar-refractivity contribution in [2.45, 2.75) is 26.2 Å². The second kappa shape index (κ2) is 6.08. The molecule has 0 radical (unpaired) electrons.